The minimum Gasteiger partial charge on any atom is -0.348 e. The van der Waals surface area contributed by atoms with Crippen LogP contribution < -0.4 is 5.32 Å². The third-order valence-electron chi connectivity index (χ3n) is 4.28. The van der Waals surface area contributed by atoms with E-state index in [2.05, 4.69) is 10.4 Å². The summed E-state index contributed by atoms with van der Waals surface area (Å²) < 4.78 is 1.69. The van der Waals surface area contributed by atoms with E-state index < -0.39 is 0 Å². The van der Waals surface area contributed by atoms with Crippen LogP contribution in [0.2, 0.25) is 5.02 Å². The van der Waals surface area contributed by atoms with Crippen LogP contribution in [-0.4, -0.2) is 21.7 Å². The van der Waals surface area contributed by atoms with Crippen LogP contribution in [0.4, 0.5) is 0 Å². The minimum absolute atomic E-state index is 0.103. The first-order valence-electron chi connectivity index (χ1n) is 8.35. The van der Waals surface area contributed by atoms with E-state index in [4.69, 9.17) is 11.6 Å². The Morgan fingerprint density at radius 2 is 1.88 bits per heavy atom. The summed E-state index contributed by atoms with van der Waals surface area (Å²) in [6, 6.07) is 17.6. The number of rotatable bonds is 4. The monoisotopic (exact) mass is 351 g/mol. The Labute approximate surface area is 151 Å². The third kappa shape index (κ3) is 3.30. The molecule has 3 aromatic rings. The summed E-state index contributed by atoms with van der Waals surface area (Å²) >= 11 is 6.31. The zero-order valence-corrected chi connectivity index (χ0v) is 14.6. The average Bonchev–Trinajstić information content (AvgIpc) is 3.31. The highest BCUT2D eigenvalue weighted by atomic mass is 35.5. The molecular formula is C20H18ClN3O. The number of carbonyl (C=O) groups excluding carboxylic acids is 1. The van der Waals surface area contributed by atoms with Crippen molar-refractivity contribution in [2.24, 2.45) is 0 Å². The van der Waals surface area contributed by atoms with Crippen LogP contribution in [0, 0.1) is 6.92 Å². The van der Waals surface area contributed by atoms with Crippen molar-refractivity contribution in [3.05, 3.63) is 70.9 Å². The van der Waals surface area contributed by atoms with Crippen LogP contribution in [0.25, 0.3) is 16.9 Å². The van der Waals surface area contributed by atoms with Crippen LogP contribution in [0.1, 0.15) is 28.9 Å². The van der Waals surface area contributed by atoms with Crippen molar-refractivity contribution < 1.29 is 4.79 Å². The first-order valence-corrected chi connectivity index (χ1v) is 8.72. The van der Waals surface area contributed by atoms with Crippen molar-refractivity contribution in [1.29, 1.82) is 0 Å². The molecule has 5 heteroatoms. The number of hydrogen-bond donors (Lipinski definition) is 1. The minimum atomic E-state index is -0.103. The van der Waals surface area contributed by atoms with Gasteiger partial charge in [0.1, 0.15) is 5.69 Å². The van der Waals surface area contributed by atoms with Gasteiger partial charge in [-0.2, -0.15) is 5.10 Å². The number of nitrogens with zero attached hydrogens (tertiary/aromatic N) is 2. The smallest absolute Gasteiger partial charge is 0.270 e. The fourth-order valence-electron chi connectivity index (χ4n) is 2.71. The lowest BCUT2D eigenvalue weighted by molar-refractivity contribution is 0.0943. The lowest BCUT2D eigenvalue weighted by Gasteiger charge is -2.08. The van der Waals surface area contributed by atoms with Crippen molar-refractivity contribution >= 4 is 17.5 Å². The Morgan fingerprint density at radius 3 is 2.56 bits per heavy atom. The zero-order valence-electron chi connectivity index (χ0n) is 13.9. The summed E-state index contributed by atoms with van der Waals surface area (Å²) in [5, 5.41) is 8.32. The topological polar surface area (TPSA) is 46.9 Å². The number of hydrogen-bond acceptors (Lipinski definition) is 2. The lowest BCUT2D eigenvalue weighted by Crippen LogP contribution is -2.27. The highest BCUT2D eigenvalue weighted by molar-refractivity contribution is 6.33. The Morgan fingerprint density at radius 1 is 1.16 bits per heavy atom. The summed E-state index contributed by atoms with van der Waals surface area (Å²) in [6.07, 6.45) is 2.09. The molecule has 1 aliphatic carbocycles. The van der Waals surface area contributed by atoms with Gasteiger partial charge < -0.3 is 5.32 Å². The molecule has 0 atom stereocenters. The van der Waals surface area contributed by atoms with Crippen LogP contribution >= 0.6 is 11.6 Å². The van der Waals surface area contributed by atoms with E-state index in [-0.39, 0.29) is 11.9 Å². The molecule has 4 rings (SSSR count). The maximum absolute atomic E-state index is 12.7. The van der Waals surface area contributed by atoms with Crippen molar-refractivity contribution in [2.45, 2.75) is 25.8 Å². The van der Waals surface area contributed by atoms with Crippen molar-refractivity contribution in [3.8, 4) is 16.9 Å². The molecular weight excluding hydrogens is 334 g/mol. The van der Waals surface area contributed by atoms with Gasteiger partial charge in [-0.25, -0.2) is 4.68 Å². The fraction of sp³-hybridized carbons (Fsp3) is 0.200. The molecule has 25 heavy (non-hydrogen) atoms. The lowest BCUT2D eigenvalue weighted by atomic mass is 10.1. The zero-order chi connectivity index (χ0) is 17.4. The quantitative estimate of drug-likeness (QED) is 0.757. The third-order valence-corrected chi connectivity index (χ3v) is 4.61. The van der Waals surface area contributed by atoms with E-state index in [1.807, 2.05) is 55.5 Å². The molecule has 0 saturated heterocycles. The van der Waals surface area contributed by atoms with Gasteiger partial charge in [-0.3, -0.25) is 4.79 Å². The molecule has 2 aromatic carbocycles. The number of aromatic nitrogens is 2. The van der Waals surface area contributed by atoms with Gasteiger partial charge in [-0.15, -0.1) is 0 Å². The summed E-state index contributed by atoms with van der Waals surface area (Å²) in [5.41, 5.74) is 4.03. The maximum Gasteiger partial charge on any atom is 0.270 e. The second-order valence-corrected chi connectivity index (χ2v) is 6.80. The molecule has 0 aliphatic heterocycles. The van der Waals surface area contributed by atoms with Gasteiger partial charge >= 0.3 is 0 Å². The summed E-state index contributed by atoms with van der Waals surface area (Å²) in [4.78, 5) is 12.7. The first-order chi connectivity index (χ1) is 12.1. The predicted octanol–water partition coefficient (Wildman–Crippen LogP) is 4.39. The summed E-state index contributed by atoms with van der Waals surface area (Å²) in [6.45, 7) is 2.03. The number of benzene rings is 2. The Kier molecular flexibility index (Phi) is 4.06. The van der Waals surface area contributed by atoms with Crippen molar-refractivity contribution in [3.63, 3.8) is 0 Å². The van der Waals surface area contributed by atoms with E-state index in [0.717, 1.165) is 29.7 Å². The molecule has 1 aromatic heterocycles. The molecule has 1 amide bonds. The first kappa shape index (κ1) is 15.9. The Balaban J connectivity index is 1.81. The van der Waals surface area contributed by atoms with Gasteiger partial charge in [0, 0.05) is 11.6 Å². The van der Waals surface area contributed by atoms with Gasteiger partial charge in [0.25, 0.3) is 5.91 Å². The highest BCUT2D eigenvalue weighted by Crippen LogP contribution is 2.29. The van der Waals surface area contributed by atoms with Gasteiger partial charge in [-0.1, -0.05) is 47.5 Å². The van der Waals surface area contributed by atoms with Crippen molar-refractivity contribution in [1.82, 2.24) is 15.1 Å². The number of halogens is 1. The SMILES string of the molecule is Cc1ccc(-n2nc(-c3ccccc3Cl)cc2C(=O)NC2CC2)cc1. The molecule has 1 aliphatic rings. The fourth-order valence-corrected chi connectivity index (χ4v) is 2.95. The van der Waals surface area contributed by atoms with E-state index in [1.54, 1.807) is 10.7 Å². The van der Waals surface area contributed by atoms with Gasteiger partial charge in [0.2, 0.25) is 0 Å². The molecule has 1 saturated carbocycles. The van der Waals surface area contributed by atoms with Gasteiger partial charge in [-0.05, 0) is 44.0 Å². The van der Waals surface area contributed by atoms with E-state index >= 15 is 0 Å². The molecule has 1 N–H and O–H groups in total. The molecule has 126 valence electrons. The van der Waals surface area contributed by atoms with E-state index in [9.17, 15) is 4.79 Å². The van der Waals surface area contributed by atoms with E-state index in [1.165, 1.54) is 0 Å². The molecule has 0 radical (unpaired) electrons. The largest absolute Gasteiger partial charge is 0.348 e. The summed E-state index contributed by atoms with van der Waals surface area (Å²) in [7, 11) is 0. The Bertz CT molecular complexity index is 926. The van der Waals surface area contributed by atoms with Gasteiger partial charge in [0.05, 0.1) is 16.4 Å². The number of amides is 1. The molecule has 0 bridgehead atoms. The number of carbonyl (C=O) groups is 1. The normalized spacial score (nSPS) is 13.7. The van der Waals surface area contributed by atoms with Crippen molar-refractivity contribution in [2.75, 3.05) is 0 Å². The molecule has 0 spiro atoms. The Hall–Kier alpha value is -2.59. The standard InChI is InChI=1S/C20H18ClN3O/c1-13-6-10-15(11-7-13)24-19(20(25)22-14-8-9-14)12-18(23-24)16-4-2-3-5-17(16)21/h2-7,10-12,14H,8-9H2,1H3,(H,22,25). The highest BCUT2D eigenvalue weighted by Gasteiger charge is 2.26. The number of nitrogens with one attached hydrogen (secondary N) is 1. The van der Waals surface area contributed by atoms with Crippen LogP contribution in [0.5, 0.6) is 0 Å². The van der Waals surface area contributed by atoms with Crippen LogP contribution in [0.3, 0.4) is 0 Å². The molecule has 0 unspecified atom stereocenters. The van der Waals surface area contributed by atoms with Gasteiger partial charge in [0.15, 0.2) is 0 Å². The molecule has 1 heterocycles. The predicted molar refractivity (Wildman–Crippen MR) is 99.2 cm³/mol. The molecule has 4 nitrogen and oxygen atoms in total. The second kappa shape index (κ2) is 6.37. The average molecular weight is 352 g/mol. The number of aryl methyl sites for hydroxylation is 1. The summed E-state index contributed by atoms with van der Waals surface area (Å²) in [5.74, 6) is -0.103. The van der Waals surface area contributed by atoms with Crippen LogP contribution in [-0.2, 0) is 0 Å². The maximum atomic E-state index is 12.7. The van der Waals surface area contributed by atoms with E-state index in [0.29, 0.717) is 16.4 Å². The molecule has 1 fully saturated rings. The second-order valence-electron chi connectivity index (χ2n) is 6.39. The van der Waals surface area contributed by atoms with Crippen LogP contribution in [0.15, 0.2) is 54.6 Å².